The first kappa shape index (κ1) is 14.1. The Balaban J connectivity index is 2.95. The van der Waals surface area contributed by atoms with Crippen LogP contribution in [0.1, 0.15) is 39.3 Å². The molecule has 0 saturated heterocycles. The molecule has 2 N–H and O–H groups in total. The van der Waals surface area contributed by atoms with Crippen molar-refractivity contribution >= 4 is 0 Å². The van der Waals surface area contributed by atoms with E-state index in [9.17, 15) is 4.39 Å². The number of pyridine rings is 1. The second-order valence-electron chi connectivity index (χ2n) is 5.20. The van der Waals surface area contributed by atoms with E-state index in [0.717, 1.165) is 0 Å². The molecule has 0 aliphatic carbocycles. The summed E-state index contributed by atoms with van der Waals surface area (Å²) in [5.41, 5.74) is 6.70. The number of nitrogens with zero attached hydrogens (tertiary/aromatic N) is 1. The highest BCUT2D eigenvalue weighted by molar-refractivity contribution is 5.17. The summed E-state index contributed by atoms with van der Waals surface area (Å²) in [6, 6.07) is 1.04. The van der Waals surface area contributed by atoms with Gasteiger partial charge in [-0.25, -0.2) is 4.39 Å². The molecule has 2 atom stereocenters. The van der Waals surface area contributed by atoms with Crippen LogP contribution in [0.25, 0.3) is 0 Å². The third kappa shape index (κ3) is 3.75. The summed E-state index contributed by atoms with van der Waals surface area (Å²) < 4.78 is 18.8. The van der Waals surface area contributed by atoms with Crippen molar-refractivity contribution in [3.8, 4) is 0 Å². The molecule has 0 saturated carbocycles. The molecule has 0 bridgehead atoms. The smallest absolute Gasteiger partial charge is 0.141 e. The summed E-state index contributed by atoms with van der Waals surface area (Å²) in [6.07, 6.45) is 2.59. The summed E-state index contributed by atoms with van der Waals surface area (Å²) in [6.45, 7) is 8.67. The van der Waals surface area contributed by atoms with Crippen LogP contribution in [0.2, 0.25) is 0 Å². The zero-order valence-corrected chi connectivity index (χ0v) is 10.9. The molecule has 96 valence electrons. The molecule has 0 radical (unpaired) electrons. The van der Waals surface area contributed by atoms with Crippen molar-refractivity contribution in [1.82, 2.24) is 4.98 Å². The maximum absolute atomic E-state index is 13.1. The van der Waals surface area contributed by atoms with Crippen LogP contribution in [0.3, 0.4) is 0 Å². The Labute approximate surface area is 102 Å². The Morgan fingerprint density at radius 3 is 2.53 bits per heavy atom. The highest BCUT2D eigenvalue weighted by Crippen LogP contribution is 2.31. The molecule has 1 aromatic heterocycles. The van der Waals surface area contributed by atoms with Gasteiger partial charge in [-0.2, -0.15) is 0 Å². The van der Waals surface area contributed by atoms with Gasteiger partial charge in [-0.15, -0.1) is 0 Å². The van der Waals surface area contributed by atoms with Gasteiger partial charge in [0.25, 0.3) is 0 Å². The van der Waals surface area contributed by atoms with Gasteiger partial charge in [-0.1, -0.05) is 20.8 Å². The van der Waals surface area contributed by atoms with Crippen molar-refractivity contribution in [3.05, 3.63) is 29.8 Å². The van der Waals surface area contributed by atoms with Gasteiger partial charge in [0.15, 0.2) is 0 Å². The fourth-order valence-electron chi connectivity index (χ4n) is 1.86. The van der Waals surface area contributed by atoms with Crippen LogP contribution in [0, 0.1) is 11.2 Å². The molecular weight excluding hydrogens is 219 g/mol. The second kappa shape index (κ2) is 5.56. The molecule has 0 fully saturated rings. The Morgan fingerprint density at radius 1 is 1.41 bits per heavy atom. The van der Waals surface area contributed by atoms with E-state index in [0.29, 0.717) is 12.2 Å². The zero-order valence-electron chi connectivity index (χ0n) is 10.9. The summed E-state index contributed by atoms with van der Waals surface area (Å²) in [5.74, 6) is -0.373. The first-order valence-electron chi connectivity index (χ1n) is 5.84. The minimum Gasteiger partial charge on any atom is -0.376 e. The average molecular weight is 240 g/mol. The Kier molecular flexibility index (Phi) is 4.60. The van der Waals surface area contributed by atoms with E-state index < -0.39 is 0 Å². The number of hydrogen-bond acceptors (Lipinski definition) is 3. The van der Waals surface area contributed by atoms with Gasteiger partial charge in [0, 0.05) is 12.8 Å². The van der Waals surface area contributed by atoms with Crippen LogP contribution in [0.15, 0.2) is 18.5 Å². The number of hydrogen-bond donors (Lipinski definition) is 1. The first-order valence-corrected chi connectivity index (χ1v) is 5.84. The molecule has 0 amide bonds. The van der Waals surface area contributed by atoms with E-state index in [-0.39, 0.29) is 23.4 Å². The molecule has 3 nitrogen and oxygen atoms in total. The van der Waals surface area contributed by atoms with E-state index in [2.05, 4.69) is 25.8 Å². The van der Waals surface area contributed by atoms with Crippen LogP contribution in [0.5, 0.6) is 0 Å². The third-order valence-corrected chi connectivity index (χ3v) is 2.64. The standard InChI is InChI=1S/C13H21FN2O/c1-5-17-12(13(2,3)4)11(15)9-6-10(14)8-16-7-9/h6-8,11-12H,5,15H2,1-4H3. The molecule has 1 rings (SSSR count). The molecule has 17 heavy (non-hydrogen) atoms. The van der Waals surface area contributed by atoms with Crippen molar-refractivity contribution in [1.29, 1.82) is 0 Å². The van der Waals surface area contributed by atoms with Crippen molar-refractivity contribution in [2.45, 2.75) is 39.8 Å². The predicted molar refractivity (Wildman–Crippen MR) is 66.0 cm³/mol. The monoisotopic (exact) mass is 240 g/mol. The lowest BCUT2D eigenvalue weighted by Gasteiger charge is -2.35. The summed E-state index contributed by atoms with van der Waals surface area (Å²) >= 11 is 0. The topological polar surface area (TPSA) is 48.1 Å². The van der Waals surface area contributed by atoms with Gasteiger partial charge in [0.1, 0.15) is 5.82 Å². The summed E-state index contributed by atoms with van der Waals surface area (Å²) in [7, 11) is 0. The SMILES string of the molecule is CCOC(C(N)c1cncc(F)c1)C(C)(C)C. The number of ether oxygens (including phenoxy) is 1. The second-order valence-corrected chi connectivity index (χ2v) is 5.20. The highest BCUT2D eigenvalue weighted by Gasteiger charge is 2.31. The number of halogens is 1. The maximum Gasteiger partial charge on any atom is 0.141 e. The van der Waals surface area contributed by atoms with Crippen LogP contribution in [-0.2, 0) is 4.74 Å². The van der Waals surface area contributed by atoms with E-state index in [1.165, 1.54) is 12.3 Å². The van der Waals surface area contributed by atoms with Crippen LogP contribution in [0.4, 0.5) is 4.39 Å². The molecule has 0 spiro atoms. The molecule has 0 aromatic carbocycles. The summed E-state index contributed by atoms with van der Waals surface area (Å²) in [5, 5.41) is 0. The fraction of sp³-hybridized carbons (Fsp3) is 0.615. The van der Waals surface area contributed by atoms with Gasteiger partial charge < -0.3 is 10.5 Å². The average Bonchev–Trinajstić information content (AvgIpc) is 2.23. The fourth-order valence-corrected chi connectivity index (χ4v) is 1.86. The molecule has 1 heterocycles. The minimum absolute atomic E-state index is 0.109. The molecule has 1 aromatic rings. The van der Waals surface area contributed by atoms with Crippen LogP contribution in [-0.4, -0.2) is 17.7 Å². The zero-order chi connectivity index (χ0) is 13.1. The predicted octanol–water partition coefficient (Wildman–Crippen LogP) is 2.67. The Hall–Kier alpha value is -1.00. The Bertz CT molecular complexity index is 363. The quantitative estimate of drug-likeness (QED) is 0.880. The first-order chi connectivity index (χ1) is 7.86. The van der Waals surface area contributed by atoms with Crippen molar-refractivity contribution in [2.24, 2.45) is 11.1 Å². The lowest BCUT2D eigenvalue weighted by atomic mass is 9.82. The highest BCUT2D eigenvalue weighted by atomic mass is 19.1. The van der Waals surface area contributed by atoms with Crippen LogP contribution < -0.4 is 5.73 Å². The molecule has 4 heteroatoms. The molecule has 0 aliphatic heterocycles. The summed E-state index contributed by atoms with van der Waals surface area (Å²) in [4.78, 5) is 3.82. The van der Waals surface area contributed by atoms with Gasteiger partial charge >= 0.3 is 0 Å². The minimum atomic E-state index is -0.377. The van der Waals surface area contributed by atoms with Gasteiger partial charge in [0.2, 0.25) is 0 Å². The van der Waals surface area contributed by atoms with Gasteiger partial charge in [-0.05, 0) is 24.0 Å². The van der Waals surface area contributed by atoms with E-state index in [1.54, 1.807) is 6.20 Å². The largest absolute Gasteiger partial charge is 0.376 e. The van der Waals surface area contributed by atoms with Crippen molar-refractivity contribution in [3.63, 3.8) is 0 Å². The lowest BCUT2D eigenvalue weighted by molar-refractivity contribution is -0.0284. The Morgan fingerprint density at radius 2 is 2.06 bits per heavy atom. The normalized spacial score (nSPS) is 15.6. The van der Waals surface area contributed by atoms with Gasteiger partial charge in [-0.3, -0.25) is 4.98 Å². The molecule has 0 aliphatic rings. The third-order valence-electron chi connectivity index (χ3n) is 2.64. The van der Waals surface area contributed by atoms with Crippen molar-refractivity contribution in [2.75, 3.05) is 6.61 Å². The lowest BCUT2D eigenvalue weighted by Crippen LogP contribution is -2.39. The van der Waals surface area contributed by atoms with E-state index in [1.807, 2.05) is 6.92 Å². The van der Waals surface area contributed by atoms with E-state index in [4.69, 9.17) is 10.5 Å². The van der Waals surface area contributed by atoms with Gasteiger partial charge in [0.05, 0.1) is 18.3 Å². The molecular formula is C13H21FN2O. The van der Waals surface area contributed by atoms with Crippen LogP contribution >= 0.6 is 0 Å². The number of rotatable bonds is 4. The maximum atomic E-state index is 13.1. The van der Waals surface area contributed by atoms with E-state index >= 15 is 0 Å². The number of aromatic nitrogens is 1. The van der Waals surface area contributed by atoms with Crippen molar-refractivity contribution < 1.29 is 9.13 Å². The number of nitrogens with two attached hydrogens (primary N) is 1. The molecule has 2 unspecified atom stereocenters.